The van der Waals surface area contributed by atoms with E-state index in [0.717, 1.165) is 12.8 Å². The van der Waals surface area contributed by atoms with E-state index in [2.05, 4.69) is 10.6 Å². The summed E-state index contributed by atoms with van der Waals surface area (Å²) in [6, 6.07) is 1.24. The Hall–Kier alpha value is -2.02. The minimum atomic E-state index is -1.44. The molecule has 1 fully saturated rings. The summed E-state index contributed by atoms with van der Waals surface area (Å²) in [5.74, 6) is -4.38. The molecule has 1 unspecified atom stereocenters. The number of carbonyl (C=O) groups is 2. The molecule has 0 aliphatic carbocycles. The largest absolute Gasteiger partial charge is 0.478 e. The lowest BCUT2D eigenvalue weighted by Gasteiger charge is -2.33. The number of carboxylic acid groups (broad SMARTS) is 1. The van der Waals surface area contributed by atoms with Crippen molar-refractivity contribution in [1.82, 2.24) is 5.32 Å². The maximum Gasteiger partial charge on any atom is 0.337 e. The molecule has 1 atom stereocenters. The normalized spacial score (nSPS) is 21.9. The number of amides is 1. The molecule has 1 aromatic rings. The first-order valence-electron chi connectivity index (χ1n) is 6.62. The van der Waals surface area contributed by atoms with Gasteiger partial charge in [0.25, 0.3) is 0 Å². The molecule has 1 amide bonds. The van der Waals surface area contributed by atoms with Crippen molar-refractivity contribution in [2.45, 2.75) is 31.7 Å². The van der Waals surface area contributed by atoms with Crippen molar-refractivity contribution in [3.05, 3.63) is 29.3 Å². The minimum absolute atomic E-state index is 0.250. The van der Waals surface area contributed by atoms with Gasteiger partial charge in [-0.05, 0) is 38.8 Å². The second kappa shape index (κ2) is 5.77. The molecule has 1 saturated heterocycles. The molecule has 2 rings (SSSR count). The molecular formula is C14H16F2N2O3. The summed E-state index contributed by atoms with van der Waals surface area (Å²) in [5.41, 5.74) is -1.58. The monoisotopic (exact) mass is 298 g/mol. The molecular weight excluding hydrogens is 282 g/mol. The molecule has 1 heterocycles. The summed E-state index contributed by atoms with van der Waals surface area (Å²) < 4.78 is 26.4. The van der Waals surface area contributed by atoms with Crippen molar-refractivity contribution in [3.63, 3.8) is 0 Å². The zero-order chi connectivity index (χ0) is 15.6. The lowest BCUT2D eigenvalue weighted by Crippen LogP contribution is -2.54. The predicted octanol–water partition coefficient (Wildman–Crippen LogP) is 2.13. The van der Waals surface area contributed by atoms with Crippen LogP contribution in [-0.2, 0) is 4.79 Å². The number of aromatic carboxylic acids is 1. The molecule has 3 N–H and O–H groups in total. The second-order valence-electron chi connectivity index (χ2n) is 5.29. The van der Waals surface area contributed by atoms with Crippen LogP contribution in [0.3, 0.4) is 0 Å². The van der Waals surface area contributed by atoms with Gasteiger partial charge in [0, 0.05) is 6.07 Å². The van der Waals surface area contributed by atoms with Crippen LogP contribution in [0, 0.1) is 11.6 Å². The molecule has 1 aromatic carbocycles. The quantitative estimate of drug-likeness (QED) is 0.799. The number of anilines is 1. The number of halogens is 2. The molecule has 7 heteroatoms. The van der Waals surface area contributed by atoms with Crippen LogP contribution < -0.4 is 10.6 Å². The van der Waals surface area contributed by atoms with Crippen LogP contribution in [0.2, 0.25) is 0 Å². The lowest BCUT2D eigenvalue weighted by atomic mass is 9.90. The molecule has 0 spiro atoms. The highest BCUT2D eigenvalue weighted by Crippen LogP contribution is 2.24. The minimum Gasteiger partial charge on any atom is -0.478 e. The summed E-state index contributed by atoms with van der Waals surface area (Å²) in [5, 5.41) is 14.5. The zero-order valence-electron chi connectivity index (χ0n) is 11.5. The Morgan fingerprint density at radius 1 is 1.29 bits per heavy atom. The van der Waals surface area contributed by atoms with E-state index in [9.17, 15) is 18.4 Å². The van der Waals surface area contributed by atoms with Gasteiger partial charge in [0.2, 0.25) is 5.91 Å². The Bertz CT molecular complexity index is 584. The van der Waals surface area contributed by atoms with E-state index < -0.39 is 34.6 Å². The molecule has 1 aliphatic heterocycles. The smallest absolute Gasteiger partial charge is 0.337 e. The average Bonchev–Trinajstić information content (AvgIpc) is 2.43. The van der Waals surface area contributed by atoms with Gasteiger partial charge in [-0.1, -0.05) is 0 Å². The van der Waals surface area contributed by atoms with Crippen LogP contribution in [0.5, 0.6) is 0 Å². The summed E-state index contributed by atoms with van der Waals surface area (Å²) in [4.78, 5) is 23.3. The Labute approximate surface area is 120 Å². The van der Waals surface area contributed by atoms with Gasteiger partial charge in [0.05, 0.1) is 16.8 Å². The van der Waals surface area contributed by atoms with Crippen molar-refractivity contribution >= 4 is 17.6 Å². The number of carboxylic acids is 1. The highest BCUT2D eigenvalue weighted by atomic mass is 19.2. The van der Waals surface area contributed by atoms with Crippen LogP contribution in [0.1, 0.15) is 36.5 Å². The van der Waals surface area contributed by atoms with Crippen molar-refractivity contribution < 1.29 is 23.5 Å². The highest BCUT2D eigenvalue weighted by Gasteiger charge is 2.35. The third kappa shape index (κ3) is 3.18. The molecule has 0 saturated carbocycles. The van der Waals surface area contributed by atoms with Crippen LogP contribution in [-0.4, -0.2) is 29.1 Å². The van der Waals surface area contributed by atoms with Gasteiger partial charge >= 0.3 is 5.97 Å². The maximum atomic E-state index is 13.3. The number of nitrogens with one attached hydrogen (secondary N) is 2. The molecule has 0 bridgehead atoms. The Morgan fingerprint density at radius 3 is 2.52 bits per heavy atom. The van der Waals surface area contributed by atoms with Crippen molar-refractivity contribution in [2.75, 3.05) is 11.9 Å². The third-order valence-corrected chi connectivity index (χ3v) is 3.66. The van der Waals surface area contributed by atoms with Gasteiger partial charge in [-0.3, -0.25) is 4.79 Å². The first-order chi connectivity index (χ1) is 9.83. The van der Waals surface area contributed by atoms with Crippen LogP contribution >= 0.6 is 0 Å². The summed E-state index contributed by atoms with van der Waals surface area (Å²) >= 11 is 0. The first-order valence-corrected chi connectivity index (χ1v) is 6.62. The molecule has 21 heavy (non-hydrogen) atoms. The number of hydrogen-bond acceptors (Lipinski definition) is 3. The Balaban J connectivity index is 2.28. The van der Waals surface area contributed by atoms with Gasteiger partial charge in [-0.2, -0.15) is 0 Å². The van der Waals surface area contributed by atoms with E-state index in [1.807, 2.05) is 0 Å². The van der Waals surface area contributed by atoms with Crippen LogP contribution in [0.4, 0.5) is 14.5 Å². The number of benzene rings is 1. The van der Waals surface area contributed by atoms with Gasteiger partial charge in [-0.15, -0.1) is 0 Å². The SMILES string of the molecule is CC1(C(=O)Nc2cc(F)c(F)cc2C(=O)O)CCCCN1. The highest BCUT2D eigenvalue weighted by molar-refractivity contribution is 6.03. The van der Waals surface area contributed by atoms with E-state index in [-0.39, 0.29) is 5.69 Å². The first kappa shape index (κ1) is 15.4. The van der Waals surface area contributed by atoms with E-state index in [4.69, 9.17) is 5.11 Å². The van der Waals surface area contributed by atoms with Crippen molar-refractivity contribution in [1.29, 1.82) is 0 Å². The number of piperidine rings is 1. The number of rotatable bonds is 3. The fraction of sp³-hybridized carbons (Fsp3) is 0.429. The Kier molecular flexibility index (Phi) is 4.22. The van der Waals surface area contributed by atoms with Crippen molar-refractivity contribution in [2.24, 2.45) is 0 Å². The molecule has 0 radical (unpaired) electrons. The number of hydrogen-bond donors (Lipinski definition) is 3. The standard InChI is InChI=1S/C14H16F2N2O3/c1-14(4-2-3-5-17-14)13(21)18-11-7-10(16)9(15)6-8(11)12(19)20/h6-7,17H,2-5H2,1H3,(H,18,21)(H,19,20). The lowest BCUT2D eigenvalue weighted by molar-refractivity contribution is -0.122. The Morgan fingerprint density at radius 2 is 1.95 bits per heavy atom. The fourth-order valence-corrected chi connectivity index (χ4v) is 2.34. The van der Waals surface area contributed by atoms with E-state index in [1.54, 1.807) is 6.92 Å². The molecule has 1 aliphatic rings. The summed E-state index contributed by atoms with van der Waals surface area (Å²) in [6.45, 7) is 2.37. The summed E-state index contributed by atoms with van der Waals surface area (Å²) in [7, 11) is 0. The van der Waals surface area contributed by atoms with Gasteiger partial charge in [-0.25, -0.2) is 13.6 Å². The molecule has 0 aromatic heterocycles. The van der Waals surface area contributed by atoms with E-state index in [0.29, 0.717) is 25.1 Å². The van der Waals surface area contributed by atoms with Gasteiger partial charge in [0.15, 0.2) is 11.6 Å². The number of carbonyl (C=O) groups excluding carboxylic acids is 1. The fourth-order valence-electron chi connectivity index (χ4n) is 2.34. The average molecular weight is 298 g/mol. The van der Waals surface area contributed by atoms with Crippen LogP contribution in [0.25, 0.3) is 0 Å². The topological polar surface area (TPSA) is 78.4 Å². The van der Waals surface area contributed by atoms with Gasteiger partial charge in [0.1, 0.15) is 0 Å². The molecule has 114 valence electrons. The van der Waals surface area contributed by atoms with Crippen molar-refractivity contribution in [3.8, 4) is 0 Å². The van der Waals surface area contributed by atoms with Crippen LogP contribution in [0.15, 0.2) is 12.1 Å². The zero-order valence-corrected chi connectivity index (χ0v) is 11.5. The summed E-state index contributed by atoms with van der Waals surface area (Å²) in [6.07, 6.45) is 2.40. The predicted molar refractivity (Wildman–Crippen MR) is 72.2 cm³/mol. The third-order valence-electron chi connectivity index (χ3n) is 3.66. The maximum absolute atomic E-state index is 13.3. The second-order valence-corrected chi connectivity index (χ2v) is 5.29. The van der Waals surface area contributed by atoms with E-state index >= 15 is 0 Å². The van der Waals surface area contributed by atoms with Gasteiger partial charge < -0.3 is 15.7 Å². The van der Waals surface area contributed by atoms with E-state index in [1.165, 1.54) is 0 Å². The molecule has 5 nitrogen and oxygen atoms in total.